The van der Waals surface area contributed by atoms with Gasteiger partial charge in [0.1, 0.15) is 24.1 Å². The van der Waals surface area contributed by atoms with Crippen LogP contribution in [0.15, 0.2) is 22.2 Å². The summed E-state index contributed by atoms with van der Waals surface area (Å²) in [6.45, 7) is 2.46. The fraction of sp³-hybridized carbons (Fsp3) is 0.808. The molecule has 0 aromatic carbocycles. The first-order valence-electron chi connectivity index (χ1n) is 16.0. The Morgan fingerprint density at radius 1 is 0.980 bits per heavy atom. The number of aliphatic hydroxyl groups is 1. The van der Waals surface area contributed by atoms with Crippen LogP contribution in [0, 0.1) is 0 Å². The molecule has 2 rings (SSSR count). The van der Waals surface area contributed by atoms with Gasteiger partial charge in [-0.2, -0.15) is 4.98 Å². The third kappa shape index (κ3) is 19.7. The summed E-state index contributed by atoms with van der Waals surface area (Å²) in [6, 6.07) is 1.23. The molecule has 23 nitrogen and oxygen atoms in total. The van der Waals surface area contributed by atoms with E-state index in [-0.39, 0.29) is 37.9 Å². The minimum absolute atomic E-state index is 0.115. The van der Waals surface area contributed by atoms with Gasteiger partial charge in [0.2, 0.25) is 5.91 Å². The van der Waals surface area contributed by atoms with Gasteiger partial charge in [0.25, 0.3) is 0 Å². The Morgan fingerprint density at radius 2 is 1.61 bits per heavy atom. The molecule has 1 aliphatic rings. The number of anilines is 1. The van der Waals surface area contributed by atoms with Crippen molar-refractivity contribution in [2.24, 2.45) is 5.11 Å². The molecular formula is C26H47N7O16P2. The molecule has 1 unspecified atom stereocenters. The van der Waals surface area contributed by atoms with Gasteiger partial charge < -0.3 is 54.5 Å². The summed E-state index contributed by atoms with van der Waals surface area (Å²) in [7, 11) is -9.84. The fourth-order valence-corrected chi connectivity index (χ4v) is 5.67. The van der Waals surface area contributed by atoms with Crippen LogP contribution in [0.1, 0.15) is 38.3 Å². The van der Waals surface area contributed by atoms with E-state index in [9.17, 15) is 28.7 Å². The van der Waals surface area contributed by atoms with E-state index in [0.29, 0.717) is 78.5 Å². The number of nitrogen functional groups attached to an aromatic ring is 1. The summed E-state index contributed by atoms with van der Waals surface area (Å²) >= 11 is 0. The maximum absolute atomic E-state index is 12.6. The smallest absolute Gasteiger partial charge is 0.386 e. The minimum atomic E-state index is -5.00. The largest absolute Gasteiger partial charge is 0.472 e. The number of hydrogen-bond donors (Lipinski definition) is 6. The summed E-state index contributed by atoms with van der Waals surface area (Å²) < 4.78 is 66.0. The number of carbonyl (C=O) groups excluding carboxylic acids is 1. The third-order valence-electron chi connectivity index (χ3n) is 6.73. The van der Waals surface area contributed by atoms with E-state index in [4.69, 9.17) is 53.8 Å². The number of carbonyl (C=O) groups is 1. The molecule has 1 aliphatic heterocycles. The van der Waals surface area contributed by atoms with Crippen LogP contribution in [0.4, 0.5) is 5.82 Å². The van der Waals surface area contributed by atoms with Gasteiger partial charge in [0.15, 0.2) is 6.23 Å². The normalized spacial score (nSPS) is 20.2. The lowest BCUT2D eigenvalue weighted by Gasteiger charge is -2.23. The van der Waals surface area contributed by atoms with Crippen LogP contribution < -0.4 is 16.7 Å². The topological polar surface area (TPSA) is 328 Å². The van der Waals surface area contributed by atoms with Gasteiger partial charge in [0.05, 0.1) is 66.1 Å². The highest BCUT2D eigenvalue weighted by Gasteiger charge is 2.49. The van der Waals surface area contributed by atoms with Crippen LogP contribution in [0.3, 0.4) is 0 Å². The maximum Gasteiger partial charge on any atom is 0.472 e. The first-order valence-corrected chi connectivity index (χ1v) is 19.0. The first kappa shape index (κ1) is 44.6. The molecule has 25 heteroatoms. The zero-order valence-corrected chi connectivity index (χ0v) is 29.7. The number of nitrogens with zero attached hydrogens (tertiary/aromatic N) is 5. The number of ether oxygens (including phenoxy) is 5. The van der Waals surface area contributed by atoms with Crippen molar-refractivity contribution >= 4 is 27.4 Å². The average Bonchev–Trinajstić information content (AvgIpc) is 3.36. The number of amides is 1. The van der Waals surface area contributed by atoms with Crippen molar-refractivity contribution in [3.8, 4) is 0 Å². The molecule has 0 aliphatic carbocycles. The van der Waals surface area contributed by atoms with Gasteiger partial charge in [-0.05, 0) is 24.4 Å². The van der Waals surface area contributed by atoms with Crippen LogP contribution in [0.5, 0.6) is 0 Å². The molecule has 51 heavy (non-hydrogen) atoms. The predicted molar refractivity (Wildman–Crippen MR) is 175 cm³/mol. The van der Waals surface area contributed by atoms with Crippen molar-refractivity contribution in [1.29, 1.82) is 0 Å². The summed E-state index contributed by atoms with van der Waals surface area (Å²) in [4.78, 5) is 58.7. The second-order valence-corrected chi connectivity index (χ2v) is 13.3. The van der Waals surface area contributed by atoms with Crippen molar-refractivity contribution in [3.05, 3.63) is 33.2 Å². The standard InChI is InChI=1S/C26H47N7O16P2/c27-21-5-9-33(26(36)31-21)25-23(35)24(20(48-25)19-47-50(37,38)39)49-51(40,41)46-10-4-2-1-3-7-29-22(34)6-11-42-13-15-44-17-18-45-16-14-43-12-8-30-32-28/h5,9,20,23-25,35H,1-4,6-8,10-19H2,(H,29,34)(H,40,41)(H2,27,31,36)(H2,37,38,39)/t20-,23-,24-,25-/m1/s1. The molecule has 7 N–H and O–H groups in total. The van der Waals surface area contributed by atoms with E-state index in [2.05, 4.69) is 24.9 Å². The molecule has 0 saturated carbocycles. The molecule has 0 spiro atoms. The summed E-state index contributed by atoms with van der Waals surface area (Å²) in [6.07, 6.45) is -2.92. The number of aliphatic hydroxyl groups excluding tert-OH is 1. The first-order chi connectivity index (χ1) is 24.3. The van der Waals surface area contributed by atoms with Crippen LogP contribution in [-0.4, -0.2) is 133 Å². The Bertz CT molecular complexity index is 1360. The Morgan fingerprint density at radius 3 is 2.24 bits per heavy atom. The summed E-state index contributed by atoms with van der Waals surface area (Å²) in [5.41, 5.74) is 12.7. The van der Waals surface area contributed by atoms with Gasteiger partial charge in [-0.15, -0.1) is 0 Å². The number of hydrogen-bond acceptors (Lipinski definition) is 16. The molecule has 1 fully saturated rings. The summed E-state index contributed by atoms with van der Waals surface area (Å²) in [5, 5.41) is 16.9. The second-order valence-electron chi connectivity index (χ2n) is 10.7. The van der Waals surface area contributed by atoms with Crippen molar-refractivity contribution in [3.63, 3.8) is 0 Å². The Balaban J connectivity index is 1.54. The van der Waals surface area contributed by atoms with E-state index < -0.39 is 52.5 Å². The average molecular weight is 776 g/mol. The number of phosphoric acid groups is 2. The number of azide groups is 1. The number of nitrogens with two attached hydrogens (primary N) is 1. The molecule has 1 aromatic rings. The lowest BCUT2D eigenvalue weighted by atomic mass is 10.1. The Hall–Kier alpha value is -2.56. The molecular weight excluding hydrogens is 728 g/mol. The lowest BCUT2D eigenvalue weighted by molar-refractivity contribution is -0.122. The molecule has 1 amide bonds. The Labute approximate surface area is 293 Å². The number of phosphoric ester groups is 2. The van der Waals surface area contributed by atoms with Crippen LogP contribution in [0.25, 0.3) is 10.4 Å². The highest BCUT2D eigenvalue weighted by molar-refractivity contribution is 7.47. The van der Waals surface area contributed by atoms with Gasteiger partial charge in [-0.1, -0.05) is 18.0 Å². The zero-order chi connectivity index (χ0) is 37.5. The molecule has 1 saturated heterocycles. The van der Waals surface area contributed by atoms with Crippen LogP contribution >= 0.6 is 15.6 Å². The SMILES string of the molecule is [N-]=[N+]=NCCOCCOCCOCCOCCC(=O)NCCCCCCOP(=O)(O)O[C@H]1[C@@H](O)[C@H](n2ccc(N)nc2=O)O[C@@H]1COP(=O)(O)O. The minimum Gasteiger partial charge on any atom is -0.386 e. The third-order valence-corrected chi connectivity index (χ3v) is 8.24. The van der Waals surface area contributed by atoms with Gasteiger partial charge >= 0.3 is 21.3 Å². The van der Waals surface area contributed by atoms with Crippen LogP contribution in [0.2, 0.25) is 0 Å². The molecule has 5 atom stereocenters. The quantitative estimate of drug-likeness (QED) is 0.0207. The summed E-state index contributed by atoms with van der Waals surface area (Å²) in [5.74, 6) is -0.286. The highest BCUT2D eigenvalue weighted by Crippen LogP contribution is 2.49. The number of rotatable bonds is 29. The number of aromatic nitrogens is 2. The number of unbranched alkanes of at least 4 members (excludes halogenated alkanes) is 3. The predicted octanol–water partition coefficient (Wildman–Crippen LogP) is 0.139. The second kappa shape index (κ2) is 24.6. The fourth-order valence-electron chi connectivity index (χ4n) is 4.34. The number of nitrogens with one attached hydrogen (secondary N) is 1. The van der Waals surface area contributed by atoms with E-state index in [0.717, 1.165) is 10.8 Å². The van der Waals surface area contributed by atoms with E-state index >= 15 is 0 Å². The van der Waals surface area contributed by atoms with E-state index in [1.54, 1.807) is 0 Å². The van der Waals surface area contributed by atoms with E-state index in [1.165, 1.54) is 6.07 Å². The van der Waals surface area contributed by atoms with E-state index in [1.807, 2.05) is 0 Å². The molecule has 0 bridgehead atoms. The van der Waals surface area contributed by atoms with Crippen molar-refractivity contribution in [1.82, 2.24) is 14.9 Å². The molecule has 0 radical (unpaired) electrons. The van der Waals surface area contributed by atoms with Gasteiger partial charge in [-0.3, -0.25) is 22.9 Å². The van der Waals surface area contributed by atoms with Crippen molar-refractivity contribution in [2.45, 2.75) is 56.6 Å². The maximum atomic E-state index is 12.6. The zero-order valence-electron chi connectivity index (χ0n) is 27.9. The lowest BCUT2D eigenvalue weighted by Crippen LogP contribution is -2.37. The molecule has 2 heterocycles. The van der Waals surface area contributed by atoms with Gasteiger partial charge in [0, 0.05) is 30.6 Å². The van der Waals surface area contributed by atoms with Crippen molar-refractivity contribution < 1.29 is 71.0 Å². The Kier molecular flexibility index (Phi) is 21.5. The van der Waals surface area contributed by atoms with Crippen LogP contribution in [-0.2, 0) is 51.2 Å². The monoisotopic (exact) mass is 775 g/mol. The van der Waals surface area contributed by atoms with Crippen molar-refractivity contribution in [2.75, 3.05) is 84.9 Å². The van der Waals surface area contributed by atoms with Gasteiger partial charge in [-0.25, -0.2) is 13.9 Å². The molecule has 292 valence electrons. The molecule has 1 aromatic heterocycles. The highest BCUT2D eigenvalue weighted by atomic mass is 31.2.